The Morgan fingerprint density at radius 1 is 1.46 bits per heavy atom. The van der Waals surface area contributed by atoms with Gasteiger partial charge in [-0.1, -0.05) is 0 Å². The number of ether oxygens (including phenoxy) is 1. The number of nitrogens with zero attached hydrogens (tertiary/aromatic N) is 2. The third-order valence-electron chi connectivity index (χ3n) is 2.46. The van der Waals surface area contributed by atoms with E-state index in [9.17, 15) is 0 Å². The van der Waals surface area contributed by atoms with Crippen molar-refractivity contribution >= 4 is 11.8 Å². The van der Waals surface area contributed by atoms with E-state index in [4.69, 9.17) is 4.74 Å². The molecule has 0 aliphatic carbocycles. The molecule has 2 rings (SSSR count). The SMILES string of the molecule is CC1=CSCN1CN1CCOCC1. The van der Waals surface area contributed by atoms with Crippen LogP contribution in [0, 0.1) is 0 Å². The van der Waals surface area contributed by atoms with Gasteiger partial charge in [-0.2, -0.15) is 0 Å². The van der Waals surface area contributed by atoms with Crippen LogP contribution in [0.2, 0.25) is 0 Å². The van der Waals surface area contributed by atoms with E-state index in [1.165, 1.54) is 5.70 Å². The first-order valence-electron chi connectivity index (χ1n) is 4.70. The standard InChI is InChI=1S/C9H16N2OS/c1-9-6-13-8-11(9)7-10-2-4-12-5-3-10/h6H,2-5,7-8H2,1H3. The van der Waals surface area contributed by atoms with Gasteiger partial charge in [-0.15, -0.1) is 11.8 Å². The van der Waals surface area contributed by atoms with Gasteiger partial charge in [0.1, 0.15) is 0 Å². The van der Waals surface area contributed by atoms with E-state index < -0.39 is 0 Å². The van der Waals surface area contributed by atoms with Crippen molar-refractivity contribution in [3.63, 3.8) is 0 Å². The molecule has 2 heterocycles. The minimum Gasteiger partial charge on any atom is -0.379 e. The first-order chi connectivity index (χ1) is 6.36. The molecule has 2 aliphatic rings. The molecular formula is C9H16N2OS. The zero-order valence-electron chi connectivity index (χ0n) is 8.03. The molecule has 0 radical (unpaired) electrons. The van der Waals surface area contributed by atoms with Crippen molar-refractivity contribution in [2.75, 3.05) is 38.8 Å². The topological polar surface area (TPSA) is 15.7 Å². The van der Waals surface area contributed by atoms with Crippen molar-refractivity contribution in [2.24, 2.45) is 0 Å². The summed E-state index contributed by atoms with van der Waals surface area (Å²) in [5, 5.41) is 2.24. The summed E-state index contributed by atoms with van der Waals surface area (Å²) in [7, 11) is 0. The van der Waals surface area contributed by atoms with Crippen molar-refractivity contribution in [2.45, 2.75) is 6.92 Å². The maximum absolute atomic E-state index is 5.31. The molecule has 0 saturated carbocycles. The van der Waals surface area contributed by atoms with Crippen molar-refractivity contribution in [1.82, 2.24) is 9.80 Å². The largest absolute Gasteiger partial charge is 0.379 e. The molecular weight excluding hydrogens is 184 g/mol. The summed E-state index contributed by atoms with van der Waals surface area (Å²) in [6.45, 7) is 7.19. The Bertz CT molecular complexity index is 202. The van der Waals surface area contributed by atoms with Crippen molar-refractivity contribution in [3.05, 3.63) is 11.1 Å². The Hall–Kier alpha value is -0.190. The fraction of sp³-hybridized carbons (Fsp3) is 0.778. The Morgan fingerprint density at radius 3 is 2.85 bits per heavy atom. The third kappa shape index (κ3) is 2.39. The van der Waals surface area contributed by atoms with Gasteiger partial charge in [0.05, 0.1) is 25.8 Å². The second kappa shape index (κ2) is 4.35. The lowest BCUT2D eigenvalue weighted by atomic mass is 10.4. The Kier molecular flexibility index (Phi) is 3.14. The molecule has 0 atom stereocenters. The highest BCUT2D eigenvalue weighted by molar-refractivity contribution is 8.02. The van der Waals surface area contributed by atoms with Crippen LogP contribution >= 0.6 is 11.8 Å². The number of allylic oxidation sites excluding steroid dienone is 1. The summed E-state index contributed by atoms with van der Waals surface area (Å²) in [6, 6.07) is 0. The molecule has 0 bridgehead atoms. The molecule has 0 aromatic heterocycles. The fourth-order valence-corrected chi connectivity index (χ4v) is 2.49. The molecule has 0 spiro atoms. The van der Waals surface area contributed by atoms with Gasteiger partial charge in [0.2, 0.25) is 0 Å². The van der Waals surface area contributed by atoms with Crippen molar-refractivity contribution in [3.8, 4) is 0 Å². The molecule has 1 saturated heterocycles. The Morgan fingerprint density at radius 2 is 2.23 bits per heavy atom. The van der Waals surface area contributed by atoms with Crippen LogP contribution in [0.5, 0.6) is 0 Å². The Balaban J connectivity index is 1.79. The van der Waals surface area contributed by atoms with Gasteiger partial charge in [0, 0.05) is 18.8 Å². The zero-order valence-corrected chi connectivity index (χ0v) is 8.85. The van der Waals surface area contributed by atoms with Gasteiger partial charge in [-0.3, -0.25) is 4.90 Å². The van der Waals surface area contributed by atoms with Crippen molar-refractivity contribution in [1.29, 1.82) is 0 Å². The van der Waals surface area contributed by atoms with Crippen LogP contribution in [0.3, 0.4) is 0 Å². The van der Waals surface area contributed by atoms with Crippen LogP contribution in [-0.4, -0.2) is 48.6 Å². The summed E-state index contributed by atoms with van der Waals surface area (Å²) in [5.41, 5.74) is 1.40. The predicted octanol–water partition coefficient (Wildman–Crippen LogP) is 1.14. The zero-order chi connectivity index (χ0) is 9.10. The highest BCUT2D eigenvalue weighted by atomic mass is 32.2. The van der Waals surface area contributed by atoms with Gasteiger partial charge in [-0.05, 0) is 12.3 Å². The lowest BCUT2D eigenvalue weighted by molar-refractivity contribution is 0.0195. The molecule has 0 aromatic carbocycles. The smallest absolute Gasteiger partial charge is 0.0714 e. The molecule has 0 aromatic rings. The molecule has 2 aliphatic heterocycles. The van der Waals surface area contributed by atoms with Crippen LogP contribution < -0.4 is 0 Å². The second-order valence-electron chi connectivity index (χ2n) is 3.47. The number of thioether (sulfide) groups is 1. The minimum absolute atomic E-state index is 0.893. The molecule has 0 amide bonds. The van der Waals surface area contributed by atoms with E-state index >= 15 is 0 Å². The lowest BCUT2D eigenvalue weighted by Gasteiger charge is -2.31. The molecule has 13 heavy (non-hydrogen) atoms. The van der Waals surface area contributed by atoms with Crippen LogP contribution in [0.4, 0.5) is 0 Å². The van der Waals surface area contributed by atoms with E-state index in [0.717, 1.165) is 38.8 Å². The number of morpholine rings is 1. The maximum Gasteiger partial charge on any atom is 0.0714 e. The maximum atomic E-state index is 5.31. The monoisotopic (exact) mass is 200 g/mol. The van der Waals surface area contributed by atoms with Crippen molar-refractivity contribution < 1.29 is 4.74 Å². The second-order valence-corrected chi connectivity index (χ2v) is 4.29. The molecule has 1 fully saturated rings. The van der Waals surface area contributed by atoms with Crippen LogP contribution in [-0.2, 0) is 4.74 Å². The van der Waals surface area contributed by atoms with E-state index in [1.54, 1.807) is 0 Å². The van der Waals surface area contributed by atoms with Crippen LogP contribution in [0.25, 0.3) is 0 Å². The summed E-state index contributed by atoms with van der Waals surface area (Å²) >= 11 is 1.88. The number of hydrogen-bond donors (Lipinski definition) is 0. The van der Waals surface area contributed by atoms with Gasteiger partial charge < -0.3 is 9.64 Å². The van der Waals surface area contributed by atoms with Crippen LogP contribution in [0.1, 0.15) is 6.92 Å². The van der Waals surface area contributed by atoms with Gasteiger partial charge in [0.25, 0.3) is 0 Å². The number of rotatable bonds is 2. The normalized spacial score (nSPS) is 25.0. The molecule has 4 heteroatoms. The minimum atomic E-state index is 0.893. The average Bonchev–Trinajstić information content (AvgIpc) is 2.54. The highest BCUT2D eigenvalue weighted by Gasteiger charge is 2.17. The summed E-state index contributed by atoms with van der Waals surface area (Å²) < 4.78 is 5.31. The fourth-order valence-electron chi connectivity index (χ4n) is 1.56. The Labute approximate surface area is 83.7 Å². The lowest BCUT2D eigenvalue weighted by Crippen LogP contribution is -2.42. The quantitative estimate of drug-likeness (QED) is 0.664. The van der Waals surface area contributed by atoms with Gasteiger partial charge in [0.15, 0.2) is 0 Å². The van der Waals surface area contributed by atoms with E-state index in [1.807, 2.05) is 11.8 Å². The van der Waals surface area contributed by atoms with Crippen LogP contribution in [0.15, 0.2) is 11.1 Å². The summed E-state index contributed by atoms with van der Waals surface area (Å²) in [4.78, 5) is 4.86. The van der Waals surface area contributed by atoms with E-state index in [2.05, 4.69) is 22.1 Å². The van der Waals surface area contributed by atoms with E-state index in [-0.39, 0.29) is 0 Å². The third-order valence-corrected chi connectivity index (χ3v) is 3.43. The van der Waals surface area contributed by atoms with Gasteiger partial charge in [-0.25, -0.2) is 0 Å². The first kappa shape index (κ1) is 9.37. The molecule has 0 N–H and O–H groups in total. The average molecular weight is 200 g/mol. The molecule has 3 nitrogen and oxygen atoms in total. The van der Waals surface area contributed by atoms with Gasteiger partial charge >= 0.3 is 0 Å². The van der Waals surface area contributed by atoms with E-state index in [0.29, 0.717) is 0 Å². The molecule has 74 valence electrons. The first-order valence-corrected chi connectivity index (χ1v) is 5.74. The highest BCUT2D eigenvalue weighted by Crippen LogP contribution is 2.22. The summed E-state index contributed by atoms with van der Waals surface area (Å²) in [5.74, 6) is 1.11. The number of hydrogen-bond acceptors (Lipinski definition) is 4. The molecule has 0 unspecified atom stereocenters. The summed E-state index contributed by atoms with van der Waals surface area (Å²) in [6.07, 6.45) is 0. The predicted molar refractivity (Wildman–Crippen MR) is 55.3 cm³/mol.